The molecule has 0 N–H and O–H groups in total. The van der Waals surface area contributed by atoms with Crippen molar-refractivity contribution in [3.05, 3.63) is 219 Å². The zero-order chi connectivity index (χ0) is 46.1. The van der Waals surface area contributed by atoms with Gasteiger partial charge in [-0.3, -0.25) is 0 Å². The maximum absolute atomic E-state index is 6.42. The van der Waals surface area contributed by atoms with E-state index in [0.29, 0.717) is 0 Å². The van der Waals surface area contributed by atoms with Crippen LogP contribution in [0.15, 0.2) is 175 Å². The Morgan fingerprint density at radius 3 is 0.692 bits per heavy atom. The lowest BCUT2D eigenvalue weighted by Gasteiger charge is -2.17. The van der Waals surface area contributed by atoms with Crippen LogP contribution in [0, 0.1) is 90.2 Å². The SMILES string of the molecule is Cc1cc(C)c([S+](c2ccc(Oc3ccc([I+]c4ccc(Oc5ccc([S+](c6c(C)cc(C)cc6C)c6c(C)cc(C)cc6C)cc5)cc4)cc3)cc2)c2c(C)cc(C)cc2C)c(C)c1. The number of ether oxygens (including phenoxy) is 2. The number of benzene rings is 8. The molecule has 0 bridgehead atoms. The molecular formula is C60H60IO2S2+3. The van der Waals surface area contributed by atoms with Gasteiger partial charge in [0.2, 0.25) is 0 Å². The van der Waals surface area contributed by atoms with Crippen molar-refractivity contribution in [2.45, 2.75) is 112 Å². The van der Waals surface area contributed by atoms with Gasteiger partial charge in [-0.1, -0.05) is 70.8 Å². The van der Waals surface area contributed by atoms with Gasteiger partial charge in [0.1, 0.15) is 44.8 Å². The molecule has 328 valence electrons. The maximum Gasteiger partial charge on any atom is 0.357 e. The molecule has 8 aromatic rings. The highest BCUT2D eigenvalue weighted by molar-refractivity contribution is 7.97. The van der Waals surface area contributed by atoms with E-state index in [0.717, 1.165) is 23.0 Å². The molecule has 0 aliphatic rings. The first-order valence-electron chi connectivity index (χ1n) is 22.3. The Labute approximate surface area is 404 Å². The first-order chi connectivity index (χ1) is 31.1. The molecule has 0 aliphatic carbocycles. The second kappa shape index (κ2) is 19.7. The van der Waals surface area contributed by atoms with Crippen molar-refractivity contribution in [2.24, 2.45) is 0 Å². The van der Waals surface area contributed by atoms with Gasteiger partial charge in [-0.05, 0) is 180 Å². The van der Waals surface area contributed by atoms with E-state index in [9.17, 15) is 0 Å². The Morgan fingerprint density at radius 2 is 0.477 bits per heavy atom. The molecule has 0 amide bonds. The Hall–Kier alpha value is -5.21. The summed E-state index contributed by atoms with van der Waals surface area (Å²) in [6.45, 7) is 26.9. The Bertz CT molecular complexity index is 2590. The van der Waals surface area contributed by atoms with Gasteiger partial charge >= 0.3 is 21.2 Å². The van der Waals surface area contributed by atoms with E-state index in [-0.39, 0.29) is 43.0 Å². The summed E-state index contributed by atoms with van der Waals surface area (Å²) in [5.41, 5.74) is 16.0. The average molecular weight is 1000 g/mol. The van der Waals surface area contributed by atoms with Gasteiger partial charge in [-0.25, -0.2) is 0 Å². The summed E-state index contributed by atoms with van der Waals surface area (Å²) in [7, 11) is -0.491. The van der Waals surface area contributed by atoms with Gasteiger partial charge in [-0.2, -0.15) is 0 Å². The highest BCUT2D eigenvalue weighted by Gasteiger charge is 2.37. The van der Waals surface area contributed by atoms with Gasteiger partial charge in [-0.15, -0.1) is 0 Å². The topological polar surface area (TPSA) is 18.5 Å². The summed E-state index contributed by atoms with van der Waals surface area (Å²) in [5, 5.41) is 0. The lowest BCUT2D eigenvalue weighted by molar-refractivity contribution is -0.597. The predicted octanol–water partition coefficient (Wildman–Crippen LogP) is 13.3. The van der Waals surface area contributed by atoms with Crippen LogP contribution in [0.1, 0.15) is 66.8 Å². The Morgan fingerprint density at radius 1 is 0.277 bits per heavy atom. The monoisotopic (exact) mass is 1000 g/mol. The van der Waals surface area contributed by atoms with Crippen molar-refractivity contribution in [3.8, 4) is 23.0 Å². The van der Waals surface area contributed by atoms with Gasteiger partial charge in [0.05, 0.1) is 0 Å². The molecule has 0 saturated carbocycles. The van der Waals surface area contributed by atoms with E-state index < -0.39 is 0 Å². The van der Waals surface area contributed by atoms with Gasteiger partial charge < -0.3 is 9.47 Å². The van der Waals surface area contributed by atoms with Crippen molar-refractivity contribution < 1.29 is 30.7 Å². The fraction of sp³-hybridized carbons (Fsp3) is 0.200. The van der Waals surface area contributed by atoms with Crippen LogP contribution in [-0.4, -0.2) is 0 Å². The summed E-state index contributed by atoms with van der Waals surface area (Å²) in [5.74, 6) is 3.37. The van der Waals surface area contributed by atoms with Gasteiger partial charge in [0, 0.05) is 44.5 Å². The molecule has 0 saturated heterocycles. The van der Waals surface area contributed by atoms with Crippen LogP contribution < -0.4 is 30.7 Å². The van der Waals surface area contributed by atoms with E-state index in [4.69, 9.17) is 9.47 Å². The highest BCUT2D eigenvalue weighted by Crippen LogP contribution is 2.42. The number of halogens is 1. The lowest BCUT2D eigenvalue weighted by atomic mass is 10.1. The van der Waals surface area contributed by atoms with Crippen molar-refractivity contribution in [1.29, 1.82) is 0 Å². The van der Waals surface area contributed by atoms with Gasteiger partial charge in [0.15, 0.2) is 36.5 Å². The minimum atomic E-state index is -0.373. The van der Waals surface area contributed by atoms with E-state index in [1.807, 2.05) is 0 Å². The molecule has 0 atom stereocenters. The summed E-state index contributed by atoms with van der Waals surface area (Å²) in [6.07, 6.45) is 0. The van der Waals surface area contributed by atoms with Crippen LogP contribution in [0.25, 0.3) is 0 Å². The quantitative estimate of drug-likeness (QED) is 0.0897. The molecule has 65 heavy (non-hydrogen) atoms. The average Bonchev–Trinajstić information content (AvgIpc) is 3.23. The summed E-state index contributed by atoms with van der Waals surface area (Å²) in [6, 6.07) is 53.4. The second-order valence-corrected chi connectivity index (χ2v) is 24.5. The zero-order valence-corrected chi connectivity index (χ0v) is 43.7. The number of hydrogen-bond acceptors (Lipinski definition) is 2. The molecule has 0 radical (unpaired) electrons. The first-order valence-corrected chi connectivity index (χ1v) is 26.9. The predicted molar refractivity (Wildman–Crippen MR) is 270 cm³/mol. The van der Waals surface area contributed by atoms with Crippen LogP contribution in [0.4, 0.5) is 0 Å². The molecule has 0 unspecified atom stereocenters. The fourth-order valence-corrected chi connectivity index (χ4v) is 16.8. The van der Waals surface area contributed by atoms with E-state index in [1.54, 1.807) is 0 Å². The Balaban J connectivity index is 0.937. The van der Waals surface area contributed by atoms with Crippen molar-refractivity contribution in [2.75, 3.05) is 0 Å². The molecule has 0 heterocycles. The largest absolute Gasteiger partial charge is 0.457 e. The highest BCUT2D eigenvalue weighted by atomic mass is 127. The molecule has 0 fully saturated rings. The zero-order valence-electron chi connectivity index (χ0n) is 39.9. The molecule has 8 aromatic carbocycles. The fourth-order valence-electron chi connectivity index (χ4n) is 9.45. The standard InChI is InChI=1S/C60H60IO2S2/c1-37-29-41(5)57(42(6)30-37)64(58-43(7)31-38(2)32-44(58)8)55-25-21-53(22-26-55)62-51-17-13-49(14-18-51)61-50-15-19-52(20-16-50)63-54-23-27-56(28-24-54)65(59-45(9)33-39(3)34-46(59)10)60-47(11)35-40(4)36-48(60)12/h13-36H,1-12H3/q+3. The third kappa shape index (κ3) is 10.4. The van der Waals surface area contributed by atoms with Crippen LogP contribution in [0.5, 0.6) is 23.0 Å². The third-order valence-corrected chi connectivity index (χ3v) is 20.1. The first kappa shape index (κ1) is 46.3. The van der Waals surface area contributed by atoms with E-state index >= 15 is 0 Å². The van der Waals surface area contributed by atoms with Gasteiger partial charge in [0.25, 0.3) is 0 Å². The normalized spacial score (nSPS) is 11.4. The van der Waals surface area contributed by atoms with Crippen LogP contribution in [0.3, 0.4) is 0 Å². The molecule has 5 heteroatoms. The van der Waals surface area contributed by atoms with Crippen molar-refractivity contribution in [3.63, 3.8) is 0 Å². The van der Waals surface area contributed by atoms with E-state index in [1.165, 1.54) is 103 Å². The summed E-state index contributed by atoms with van der Waals surface area (Å²) >= 11 is -0.373. The van der Waals surface area contributed by atoms with Crippen molar-refractivity contribution >= 4 is 21.8 Å². The summed E-state index contributed by atoms with van der Waals surface area (Å²) in [4.78, 5) is 8.28. The summed E-state index contributed by atoms with van der Waals surface area (Å²) < 4.78 is 15.5. The van der Waals surface area contributed by atoms with Crippen LogP contribution in [0.2, 0.25) is 0 Å². The maximum atomic E-state index is 6.42. The molecule has 2 nitrogen and oxygen atoms in total. The van der Waals surface area contributed by atoms with Crippen LogP contribution >= 0.6 is 0 Å². The number of hydrogen-bond donors (Lipinski definition) is 0. The third-order valence-electron chi connectivity index (χ3n) is 11.7. The van der Waals surface area contributed by atoms with E-state index in [2.05, 4.69) is 229 Å². The van der Waals surface area contributed by atoms with Crippen molar-refractivity contribution in [1.82, 2.24) is 0 Å². The van der Waals surface area contributed by atoms with Crippen LogP contribution in [-0.2, 0) is 21.8 Å². The molecule has 0 spiro atoms. The lowest BCUT2D eigenvalue weighted by Crippen LogP contribution is -3.61. The molecular weight excluding hydrogens is 944 g/mol. The minimum absolute atomic E-state index is 0.246. The minimum Gasteiger partial charge on any atom is -0.457 e. The number of aryl methyl sites for hydroxylation is 12. The number of rotatable bonds is 12. The second-order valence-electron chi connectivity index (χ2n) is 17.7. The molecule has 0 aliphatic heterocycles. The molecule has 0 aromatic heterocycles. The molecule has 8 rings (SSSR count). The smallest absolute Gasteiger partial charge is 0.357 e. The Kier molecular flexibility index (Phi) is 14.1.